The summed E-state index contributed by atoms with van der Waals surface area (Å²) in [5.74, 6) is -0.578. The van der Waals surface area contributed by atoms with Gasteiger partial charge < -0.3 is 14.8 Å². The third-order valence-electron chi connectivity index (χ3n) is 8.08. The molecular weight excluding hydrogens is 586 g/mol. The maximum Gasteiger partial charge on any atom is 0.337 e. The first-order chi connectivity index (χ1) is 22.3. The van der Waals surface area contributed by atoms with Gasteiger partial charge in [-0.2, -0.15) is 0 Å². The van der Waals surface area contributed by atoms with Gasteiger partial charge in [-0.25, -0.2) is 14.9 Å². The van der Waals surface area contributed by atoms with Gasteiger partial charge in [0.05, 0.1) is 42.8 Å². The van der Waals surface area contributed by atoms with E-state index in [-0.39, 0.29) is 17.6 Å². The molecule has 240 valence electrons. The van der Waals surface area contributed by atoms with Crippen molar-refractivity contribution in [2.45, 2.75) is 13.3 Å². The lowest BCUT2D eigenvalue weighted by atomic mass is 10.00. The van der Waals surface area contributed by atoms with E-state index in [1.165, 1.54) is 12.2 Å². The summed E-state index contributed by atoms with van der Waals surface area (Å²) in [5.41, 5.74) is 3.73. The molecule has 1 aromatic heterocycles. The Labute approximate surface area is 268 Å². The summed E-state index contributed by atoms with van der Waals surface area (Å²) in [4.78, 5) is 54.9. The number of hydrogen-bond donors (Lipinski definition) is 2. The van der Waals surface area contributed by atoms with Gasteiger partial charge in [-0.15, -0.1) is 0 Å². The van der Waals surface area contributed by atoms with Crippen molar-refractivity contribution in [3.8, 4) is 5.88 Å². The molecule has 1 saturated heterocycles. The Bertz CT molecular complexity index is 1710. The molecule has 0 unspecified atom stereocenters. The Morgan fingerprint density at radius 2 is 1.59 bits per heavy atom. The zero-order valence-electron chi connectivity index (χ0n) is 26.4. The van der Waals surface area contributed by atoms with Crippen LogP contribution in [-0.4, -0.2) is 108 Å². The van der Waals surface area contributed by atoms with Crippen molar-refractivity contribution in [1.29, 1.82) is 0 Å². The second kappa shape index (κ2) is 15.0. The fourth-order valence-corrected chi connectivity index (χ4v) is 5.42. The summed E-state index contributed by atoms with van der Waals surface area (Å²) in [6, 6.07) is 21.4. The molecule has 4 aromatic rings. The number of carbonyl (C=O) groups excluding carboxylic acids is 3. The first-order valence-electron chi connectivity index (χ1n) is 15.3. The SMILES string of the molecule is CCC(=O)CN1CCN(CCON(C)C(=O)c2ccc(N=C(c3ccccc3)c3c(O)[nH]c4cc(C(=O)OC)ccc34)cc2)CC1. The number of hydroxylamine groups is 2. The van der Waals surface area contributed by atoms with E-state index in [4.69, 9.17) is 14.6 Å². The summed E-state index contributed by atoms with van der Waals surface area (Å²) in [6.45, 7) is 6.87. The van der Waals surface area contributed by atoms with Gasteiger partial charge in [-0.3, -0.25) is 24.2 Å². The lowest BCUT2D eigenvalue weighted by Gasteiger charge is -2.34. The molecule has 1 amide bonds. The number of Topliss-reactive ketones (excluding diaryl/α,β-unsaturated/α-hetero) is 1. The molecular formula is C35H39N5O6. The second-order valence-corrected chi connectivity index (χ2v) is 11.1. The number of methoxy groups -OCH3 is 1. The topological polar surface area (TPSA) is 128 Å². The number of amides is 1. The van der Waals surface area contributed by atoms with Crippen molar-refractivity contribution in [3.63, 3.8) is 0 Å². The standard InChI is InChI=1S/C35H39N5O6/c1-4-28(41)23-40-18-16-39(17-19-40)20-21-46-38(2)34(43)25-10-13-27(14-11-25)36-32(24-8-6-5-7-9-24)31-29-15-12-26(35(44)45-3)22-30(29)37-33(31)42/h5-15,22,37,42H,4,16-21,23H2,1-3H3. The minimum Gasteiger partial charge on any atom is -0.494 e. The van der Waals surface area contributed by atoms with Crippen LogP contribution < -0.4 is 0 Å². The molecule has 1 aliphatic heterocycles. The van der Waals surface area contributed by atoms with Gasteiger partial charge in [0.1, 0.15) is 5.78 Å². The van der Waals surface area contributed by atoms with E-state index < -0.39 is 5.97 Å². The fourth-order valence-electron chi connectivity index (χ4n) is 5.42. The Balaban J connectivity index is 1.27. The Hall–Kier alpha value is -4.84. The van der Waals surface area contributed by atoms with Crippen molar-refractivity contribution < 1.29 is 29.1 Å². The maximum atomic E-state index is 13.1. The van der Waals surface area contributed by atoms with Crippen LogP contribution in [0.1, 0.15) is 45.2 Å². The molecule has 0 atom stereocenters. The van der Waals surface area contributed by atoms with Crippen LogP contribution in [0.5, 0.6) is 5.88 Å². The van der Waals surface area contributed by atoms with E-state index >= 15 is 0 Å². The van der Waals surface area contributed by atoms with Gasteiger partial charge in [0, 0.05) is 68.2 Å². The number of piperazine rings is 1. The van der Waals surface area contributed by atoms with Gasteiger partial charge in [-0.1, -0.05) is 43.3 Å². The summed E-state index contributed by atoms with van der Waals surface area (Å²) in [5, 5.41) is 12.9. The molecule has 0 spiro atoms. The number of aromatic amines is 1. The van der Waals surface area contributed by atoms with Gasteiger partial charge in [-0.05, 0) is 36.4 Å². The number of aromatic nitrogens is 1. The van der Waals surface area contributed by atoms with E-state index in [0.29, 0.717) is 65.1 Å². The van der Waals surface area contributed by atoms with Crippen LogP contribution in [0.25, 0.3) is 10.9 Å². The number of aromatic hydroxyl groups is 1. The highest BCUT2D eigenvalue weighted by molar-refractivity contribution is 6.22. The van der Waals surface area contributed by atoms with Crippen LogP contribution in [0.15, 0.2) is 77.8 Å². The molecule has 0 bridgehead atoms. The summed E-state index contributed by atoms with van der Waals surface area (Å²) in [6.07, 6.45) is 0.566. The molecule has 0 saturated carbocycles. The molecule has 11 nitrogen and oxygen atoms in total. The van der Waals surface area contributed by atoms with E-state index in [2.05, 4.69) is 14.8 Å². The first-order valence-corrected chi connectivity index (χ1v) is 15.3. The quantitative estimate of drug-likeness (QED) is 0.135. The first kappa shape index (κ1) is 32.6. The highest BCUT2D eigenvalue weighted by Crippen LogP contribution is 2.32. The Morgan fingerprint density at radius 3 is 2.26 bits per heavy atom. The Kier molecular flexibility index (Phi) is 10.6. The fraction of sp³-hybridized carbons (Fsp3) is 0.314. The normalized spacial score (nSPS) is 14.4. The number of ether oxygens (including phenoxy) is 1. The lowest BCUT2D eigenvalue weighted by Crippen LogP contribution is -2.48. The van der Waals surface area contributed by atoms with Crippen LogP contribution >= 0.6 is 0 Å². The molecule has 2 N–H and O–H groups in total. The molecule has 46 heavy (non-hydrogen) atoms. The molecule has 0 radical (unpaired) electrons. The van der Waals surface area contributed by atoms with E-state index in [9.17, 15) is 19.5 Å². The number of ketones is 1. The predicted molar refractivity (Wildman–Crippen MR) is 176 cm³/mol. The minimum absolute atomic E-state index is 0.0846. The zero-order chi connectivity index (χ0) is 32.6. The molecule has 2 heterocycles. The maximum absolute atomic E-state index is 13.1. The van der Waals surface area contributed by atoms with Crippen LogP contribution in [0.2, 0.25) is 0 Å². The monoisotopic (exact) mass is 625 g/mol. The highest BCUT2D eigenvalue weighted by atomic mass is 16.7. The largest absolute Gasteiger partial charge is 0.494 e. The second-order valence-electron chi connectivity index (χ2n) is 11.1. The Morgan fingerprint density at radius 1 is 0.913 bits per heavy atom. The van der Waals surface area contributed by atoms with Crippen molar-refractivity contribution in [2.24, 2.45) is 4.99 Å². The van der Waals surface area contributed by atoms with Crippen molar-refractivity contribution in [3.05, 3.63) is 95.1 Å². The molecule has 0 aliphatic carbocycles. The van der Waals surface area contributed by atoms with Gasteiger partial charge in [0.25, 0.3) is 5.91 Å². The number of esters is 1. The summed E-state index contributed by atoms with van der Waals surface area (Å²) in [7, 11) is 2.92. The van der Waals surface area contributed by atoms with Crippen LogP contribution in [0.4, 0.5) is 5.69 Å². The number of aliphatic imine (C=N–C) groups is 1. The molecule has 1 fully saturated rings. The van der Waals surface area contributed by atoms with Gasteiger partial charge >= 0.3 is 5.97 Å². The van der Waals surface area contributed by atoms with Crippen LogP contribution in [0, 0.1) is 0 Å². The van der Waals surface area contributed by atoms with Crippen molar-refractivity contribution in [2.75, 3.05) is 60.0 Å². The minimum atomic E-state index is -0.476. The van der Waals surface area contributed by atoms with Crippen molar-refractivity contribution in [1.82, 2.24) is 19.8 Å². The molecule has 5 rings (SSSR count). The van der Waals surface area contributed by atoms with E-state index in [1.54, 1.807) is 49.5 Å². The number of hydrogen-bond acceptors (Lipinski definition) is 9. The van der Waals surface area contributed by atoms with Gasteiger partial charge in [0.15, 0.2) is 5.88 Å². The molecule has 11 heteroatoms. The third kappa shape index (κ3) is 7.68. The summed E-state index contributed by atoms with van der Waals surface area (Å²) < 4.78 is 4.83. The predicted octanol–water partition coefficient (Wildman–Crippen LogP) is 4.43. The average molecular weight is 626 g/mol. The van der Waals surface area contributed by atoms with E-state index in [1.807, 2.05) is 37.3 Å². The van der Waals surface area contributed by atoms with Crippen molar-refractivity contribution >= 4 is 40.0 Å². The number of nitrogens with one attached hydrogen (secondary N) is 1. The van der Waals surface area contributed by atoms with E-state index in [0.717, 1.165) is 31.7 Å². The van der Waals surface area contributed by atoms with Crippen LogP contribution in [0.3, 0.4) is 0 Å². The number of benzene rings is 3. The molecule has 3 aromatic carbocycles. The number of nitrogens with zero attached hydrogens (tertiary/aromatic N) is 4. The molecule has 1 aliphatic rings. The number of carbonyl (C=O) groups is 3. The zero-order valence-corrected chi connectivity index (χ0v) is 26.4. The highest BCUT2D eigenvalue weighted by Gasteiger charge is 2.21. The number of rotatable bonds is 12. The third-order valence-corrected chi connectivity index (χ3v) is 8.08. The lowest BCUT2D eigenvalue weighted by molar-refractivity contribution is -0.121. The average Bonchev–Trinajstić information content (AvgIpc) is 3.42. The summed E-state index contributed by atoms with van der Waals surface area (Å²) >= 11 is 0. The smallest absolute Gasteiger partial charge is 0.337 e. The number of fused-ring (bicyclic) bond motifs is 1. The van der Waals surface area contributed by atoms with Gasteiger partial charge in [0.2, 0.25) is 0 Å². The number of H-pyrrole nitrogens is 1. The van der Waals surface area contributed by atoms with Crippen LogP contribution in [-0.2, 0) is 14.4 Å².